The number of hydrogen-bond acceptors (Lipinski definition) is 3. The summed E-state index contributed by atoms with van der Waals surface area (Å²) < 4.78 is 5.82. The standard InChI is InChI=1S/C10H7BrINO2/c1-15-10-2-6(5-13)8(12)3-7(10)9(14)4-11/h2-3H,4H2,1H3. The van der Waals surface area contributed by atoms with Crippen LogP contribution >= 0.6 is 38.5 Å². The minimum absolute atomic E-state index is 0.0609. The summed E-state index contributed by atoms with van der Waals surface area (Å²) in [6, 6.07) is 5.29. The van der Waals surface area contributed by atoms with Gasteiger partial charge in [-0.3, -0.25) is 4.79 Å². The molecule has 1 aromatic rings. The van der Waals surface area contributed by atoms with E-state index in [1.165, 1.54) is 7.11 Å². The Morgan fingerprint density at radius 1 is 1.67 bits per heavy atom. The number of Topliss-reactive ketones (excluding diaryl/α,β-unsaturated/α-hetero) is 1. The highest BCUT2D eigenvalue weighted by molar-refractivity contribution is 14.1. The Kier molecular flexibility index (Phi) is 4.54. The van der Waals surface area contributed by atoms with E-state index in [1.807, 2.05) is 28.7 Å². The van der Waals surface area contributed by atoms with E-state index < -0.39 is 0 Å². The normalized spacial score (nSPS) is 9.47. The number of carbonyl (C=O) groups is 1. The molecular formula is C10H7BrINO2. The van der Waals surface area contributed by atoms with E-state index in [9.17, 15) is 4.79 Å². The van der Waals surface area contributed by atoms with Crippen molar-refractivity contribution in [1.82, 2.24) is 0 Å². The van der Waals surface area contributed by atoms with Gasteiger partial charge in [0.05, 0.1) is 23.6 Å². The van der Waals surface area contributed by atoms with Crippen LogP contribution in [0.15, 0.2) is 12.1 Å². The maximum absolute atomic E-state index is 11.5. The van der Waals surface area contributed by atoms with Gasteiger partial charge in [-0.05, 0) is 34.7 Å². The van der Waals surface area contributed by atoms with Gasteiger partial charge in [0.15, 0.2) is 5.78 Å². The van der Waals surface area contributed by atoms with Gasteiger partial charge < -0.3 is 4.74 Å². The molecule has 15 heavy (non-hydrogen) atoms. The van der Waals surface area contributed by atoms with Crippen molar-refractivity contribution in [3.63, 3.8) is 0 Å². The summed E-state index contributed by atoms with van der Waals surface area (Å²) in [6.45, 7) is 0. The molecule has 0 aliphatic carbocycles. The number of benzene rings is 1. The number of carbonyl (C=O) groups excluding carboxylic acids is 1. The van der Waals surface area contributed by atoms with E-state index in [-0.39, 0.29) is 11.1 Å². The first-order valence-electron chi connectivity index (χ1n) is 4.00. The van der Waals surface area contributed by atoms with E-state index in [0.717, 1.165) is 3.57 Å². The lowest BCUT2D eigenvalue weighted by atomic mass is 10.1. The van der Waals surface area contributed by atoms with Crippen LogP contribution in [0.25, 0.3) is 0 Å². The molecule has 0 aliphatic heterocycles. The van der Waals surface area contributed by atoms with Crippen LogP contribution in [0.3, 0.4) is 0 Å². The lowest BCUT2D eigenvalue weighted by molar-refractivity contribution is 0.102. The Balaban J connectivity index is 3.35. The van der Waals surface area contributed by atoms with Gasteiger partial charge in [-0.15, -0.1) is 0 Å². The van der Waals surface area contributed by atoms with Crippen LogP contribution in [0.4, 0.5) is 0 Å². The number of nitrogens with zero attached hydrogens (tertiary/aromatic N) is 1. The second-order valence-corrected chi connectivity index (χ2v) is 4.42. The van der Waals surface area contributed by atoms with E-state index in [4.69, 9.17) is 10.00 Å². The molecule has 0 aromatic heterocycles. The van der Waals surface area contributed by atoms with Crippen LogP contribution in [0.5, 0.6) is 5.75 Å². The van der Waals surface area contributed by atoms with Gasteiger partial charge in [0, 0.05) is 3.57 Å². The molecule has 0 radical (unpaired) electrons. The van der Waals surface area contributed by atoms with Gasteiger partial charge >= 0.3 is 0 Å². The van der Waals surface area contributed by atoms with Gasteiger partial charge in [0.1, 0.15) is 11.8 Å². The molecule has 0 aliphatic rings. The summed E-state index contributed by atoms with van der Waals surface area (Å²) in [5.41, 5.74) is 1.01. The molecule has 1 aromatic carbocycles. The number of alkyl halides is 1. The second kappa shape index (κ2) is 5.47. The van der Waals surface area contributed by atoms with Crippen molar-refractivity contribution in [2.75, 3.05) is 12.4 Å². The number of ether oxygens (including phenoxy) is 1. The molecule has 0 amide bonds. The molecule has 78 valence electrons. The molecule has 0 unspecified atom stereocenters. The Morgan fingerprint density at radius 2 is 2.33 bits per heavy atom. The van der Waals surface area contributed by atoms with Gasteiger partial charge in [0.2, 0.25) is 0 Å². The molecule has 0 fully saturated rings. The Labute approximate surface area is 110 Å². The van der Waals surface area contributed by atoms with Crippen LogP contribution in [0, 0.1) is 14.9 Å². The Bertz CT molecular complexity index is 440. The van der Waals surface area contributed by atoms with E-state index in [2.05, 4.69) is 15.9 Å². The van der Waals surface area contributed by atoms with E-state index in [1.54, 1.807) is 12.1 Å². The van der Waals surface area contributed by atoms with Gasteiger partial charge in [-0.1, -0.05) is 15.9 Å². The Hall–Kier alpha value is -0.610. The van der Waals surface area contributed by atoms with Gasteiger partial charge in [0.25, 0.3) is 0 Å². The monoisotopic (exact) mass is 379 g/mol. The first-order valence-corrected chi connectivity index (χ1v) is 6.20. The number of nitriles is 1. The highest BCUT2D eigenvalue weighted by Crippen LogP contribution is 2.25. The van der Waals surface area contributed by atoms with Crippen LogP contribution in [-0.4, -0.2) is 18.2 Å². The lowest BCUT2D eigenvalue weighted by Gasteiger charge is -2.07. The van der Waals surface area contributed by atoms with E-state index >= 15 is 0 Å². The summed E-state index contributed by atoms with van der Waals surface area (Å²) in [5, 5.41) is 9.06. The van der Waals surface area contributed by atoms with Gasteiger partial charge in [-0.25, -0.2) is 0 Å². The van der Waals surface area contributed by atoms with Crippen LogP contribution in [0.1, 0.15) is 15.9 Å². The summed E-state index contributed by atoms with van der Waals surface area (Å²) in [4.78, 5) is 11.5. The topological polar surface area (TPSA) is 50.1 Å². The second-order valence-electron chi connectivity index (χ2n) is 2.70. The summed E-state index contributed by atoms with van der Waals surface area (Å²) in [6.07, 6.45) is 0. The zero-order valence-corrected chi connectivity index (χ0v) is 11.6. The predicted molar refractivity (Wildman–Crippen MR) is 68.6 cm³/mol. The zero-order valence-electron chi connectivity index (χ0n) is 7.88. The molecule has 0 atom stereocenters. The minimum Gasteiger partial charge on any atom is -0.496 e. The van der Waals surface area contributed by atoms with Crippen molar-refractivity contribution < 1.29 is 9.53 Å². The number of rotatable bonds is 3. The van der Waals surface area contributed by atoms with Crippen molar-refractivity contribution in [3.05, 3.63) is 26.8 Å². The molecule has 5 heteroatoms. The van der Waals surface area contributed by atoms with Crippen molar-refractivity contribution in [1.29, 1.82) is 5.26 Å². The molecule has 3 nitrogen and oxygen atoms in total. The average molecular weight is 380 g/mol. The Morgan fingerprint density at radius 3 is 2.80 bits per heavy atom. The summed E-state index contributed by atoms with van der Waals surface area (Å²) in [5.74, 6) is 0.380. The molecular weight excluding hydrogens is 373 g/mol. The smallest absolute Gasteiger partial charge is 0.177 e. The number of ketones is 1. The molecule has 1 rings (SSSR count). The first kappa shape index (κ1) is 12.5. The summed E-state index contributed by atoms with van der Waals surface area (Å²) >= 11 is 5.13. The maximum Gasteiger partial charge on any atom is 0.177 e. The number of methoxy groups -OCH3 is 1. The summed E-state index contributed by atoms with van der Waals surface area (Å²) in [7, 11) is 1.48. The fraction of sp³-hybridized carbons (Fsp3) is 0.200. The van der Waals surface area contributed by atoms with Crippen molar-refractivity contribution in [2.24, 2.45) is 0 Å². The van der Waals surface area contributed by atoms with E-state index in [0.29, 0.717) is 16.9 Å². The molecule has 0 heterocycles. The van der Waals surface area contributed by atoms with Crippen LogP contribution < -0.4 is 4.74 Å². The quantitative estimate of drug-likeness (QED) is 0.461. The highest BCUT2D eigenvalue weighted by atomic mass is 127. The zero-order chi connectivity index (χ0) is 11.4. The maximum atomic E-state index is 11.5. The molecule has 0 bridgehead atoms. The minimum atomic E-state index is -0.0609. The fourth-order valence-corrected chi connectivity index (χ4v) is 1.99. The third-order valence-corrected chi connectivity index (χ3v) is 3.23. The highest BCUT2D eigenvalue weighted by Gasteiger charge is 2.14. The number of halogens is 2. The molecule has 0 N–H and O–H groups in total. The SMILES string of the molecule is COc1cc(C#N)c(I)cc1C(=O)CBr. The fourth-order valence-electron chi connectivity index (χ4n) is 1.10. The van der Waals surface area contributed by atoms with Crippen LogP contribution in [0.2, 0.25) is 0 Å². The van der Waals surface area contributed by atoms with Gasteiger partial charge in [-0.2, -0.15) is 5.26 Å². The third kappa shape index (κ3) is 2.69. The largest absolute Gasteiger partial charge is 0.496 e. The molecule has 0 saturated carbocycles. The first-order chi connectivity index (χ1) is 7.13. The predicted octanol–water partition coefficient (Wildman–Crippen LogP) is 2.75. The third-order valence-electron chi connectivity index (χ3n) is 1.83. The van der Waals surface area contributed by atoms with Crippen molar-refractivity contribution >= 4 is 44.3 Å². The molecule has 0 spiro atoms. The molecule has 0 saturated heterocycles. The number of hydrogen-bond donors (Lipinski definition) is 0. The van der Waals surface area contributed by atoms with Crippen molar-refractivity contribution in [2.45, 2.75) is 0 Å². The van der Waals surface area contributed by atoms with Crippen molar-refractivity contribution in [3.8, 4) is 11.8 Å². The lowest BCUT2D eigenvalue weighted by Crippen LogP contribution is -2.04. The van der Waals surface area contributed by atoms with Crippen LogP contribution in [-0.2, 0) is 0 Å². The average Bonchev–Trinajstić information content (AvgIpc) is 2.27.